The first-order chi connectivity index (χ1) is 11.2. The van der Waals surface area contributed by atoms with Gasteiger partial charge >= 0.3 is 0 Å². The Labute approximate surface area is 140 Å². The number of piperazine rings is 1. The number of nitrogens with zero attached hydrogens (tertiary/aromatic N) is 3. The van der Waals surface area contributed by atoms with Gasteiger partial charge in [0.15, 0.2) is 0 Å². The van der Waals surface area contributed by atoms with Crippen molar-refractivity contribution < 1.29 is 9.53 Å². The van der Waals surface area contributed by atoms with Crippen LogP contribution in [0.4, 0.5) is 0 Å². The van der Waals surface area contributed by atoms with Gasteiger partial charge in [0.1, 0.15) is 5.75 Å². The van der Waals surface area contributed by atoms with Gasteiger partial charge in [-0.25, -0.2) is 4.98 Å². The molecule has 1 saturated heterocycles. The number of thiazole rings is 1. The van der Waals surface area contributed by atoms with Crippen LogP contribution >= 0.6 is 11.3 Å². The number of methoxy groups -OCH3 is 1. The van der Waals surface area contributed by atoms with E-state index in [4.69, 9.17) is 4.74 Å². The third-order valence-electron chi connectivity index (χ3n) is 4.28. The van der Waals surface area contributed by atoms with Crippen LogP contribution in [0.1, 0.15) is 24.2 Å². The summed E-state index contributed by atoms with van der Waals surface area (Å²) in [4.78, 5) is 20.5. The van der Waals surface area contributed by atoms with Gasteiger partial charge in [-0.2, -0.15) is 0 Å². The number of hydrogen-bond donors (Lipinski definition) is 0. The standard InChI is InChI=1S/C17H21N3O2S/c1-13(21)19-7-8-20(9-14-11-23-12-18-14)16(10-19)15-5-3-4-6-17(15)22-2/h3-6,11-12,16H,7-10H2,1-2H3. The molecule has 0 bridgehead atoms. The lowest BCUT2D eigenvalue weighted by atomic mass is 10.0. The summed E-state index contributed by atoms with van der Waals surface area (Å²) < 4.78 is 5.53. The second kappa shape index (κ2) is 7.10. The smallest absolute Gasteiger partial charge is 0.219 e. The molecule has 1 unspecified atom stereocenters. The third kappa shape index (κ3) is 3.54. The monoisotopic (exact) mass is 331 g/mol. The van der Waals surface area contributed by atoms with Gasteiger partial charge in [0.05, 0.1) is 24.4 Å². The van der Waals surface area contributed by atoms with Gasteiger partial charge in [-0.15, -0.1) is 11.3 Å². The van der Waals surface area contributed by atoms with Crippen LogP contribution in [0.5, 0.6) is 5.75 Å². The van der Waals surface area contributed by atoms with E-state index in [-0.39, 0.29) is 11.9 Å². The molecule has 0 aliphatic carbocycles. The zero-order chi connectivity index (χ0) is 16.2. The van der Waals surface area contributed by atoms with Gasteiger partial charge in [-0.3, -0.25) is 9.69 Å². The first-order valence-electron chi connectivity index (χ1n) is 7.68. The van der Waals surface area contributed by atoms with Crippen molar-refractivity contribution in [3.63, 3.8) is 0 Å². The number of para-hydroxylation sites is 1. The normalized spacial score (nSPS) is 18.9. The topological polar surface area (TPSA) is 45.7 Å². The van der Waals surface area contributed by atoms with E-state index in [9.17, 15) is 4.79 Å². The maximum absolute atomic E-state index is 11.8. The van der Waals surface area contributed by atoms with Crippen LogP contribution in [0.2, 0.25) is 0 Å². The highest BCUT2D eigenvalue weighted by Gasteiger charge is 2.31. The van der Waals surface area contributed by atoms with E-state index in [1.807, 2.05) is 28.6 Å². The Morgan fingerprint density at radius 1 is 1.39 bits per heavy atom. The molecule has 1 aliphatic heterocycles. The number of amides is 1. The summed E-state index contributed by atoms with van der Waals surface area (Å²) >= 11 is 1.61. The summed E-state index contributed by atoms with van der Waals surface area (Å²) in [6, 6.07) is 8.17. The fourth-order valence-corrected chi connectivity index (χ4v) is 3.61. The maximum atomic E-state index is 11.8. The van der Waals surface area contributed by atoms with E-state index in [1.165, 1.54) is 0 Å². The molecule has 1 aromatic carbocycles. The second-order valence-corrected chi connectivity index (χ2v) is 6.39. The highest BCUT2D eigenvalue weighted by Crippen LogP contribution is 2.33. The van der Waals surface area contributed by atoms with Crippen molar-refractivity contribution in [2.75, 3.05) is 26.7 Å². The summed E-state index contributed by atoms with van der Waals surface area (Å²) in [6.45, 7) is 4.69. The minimum Gasteiger partial charge on any atom is -0.496 e. The number of ether oxygens (including phenoxy) is 1. The summed E-state index contributed by atoms with van der Waals surface area (Å²) in [7, 11) is 1.69. The molecule has 1 fully saturated rings. The molecule has 0 radical (unpaired) electrons. The highest BCUT2D eigenvalue weighted by atomic mass is 32.1. The molecule has 5 nitrogen and oxygen atoms in total. The highest BCUT2D eigenvalue weighted by molar-refractivity contribution is 7.07. The second-order valence-electron chi connectivity index (χ2n) is 5.67. The van der Waals surface area contributed by atoms with Gasteiger partial charge in [-0.05, 0) is 6.07 Å². The molecule has 2 aromatic rings. The van der Waals surface area contributed by atoms with Crippen molar-refractivity contribution in [3.05, 3.63) is 46.4 Å². The molecule has 6 heteroatoms. The van der Waals surface area contributed by atoms with Crippen molar-refractivity contribution in [3.8, 4) is 5.75 Å². The Hall–Kier alpha value is -1.92. The zero-order valence-corrected chi connectivity index (χ0v) is 14.3. The van der Waals surface area contributed by atoms with Crippen LogP contribution in [-0.2, 0) is 11.3 Å². The molecule has 3 rings (SSSR count). The molecule has 122 valence electrons. The molecule has 1 aliphatic rings. The first-order valence-corrected chi connectivity index (χ1v) is 8.63. The van der Waals surface area contributed by atoms with Crippen LogP contribution in [-0.4, -0.2) is 47.4 Å². The summed E-state index contributed by atoms with van der Waals surface area (Å²) in [6.07, 6.45) is 0. The van der Waals surface area contributed by atoms with Gasteiger partial charge in [-0.1, -0.05) is 18.2 Å². The minimum absolute atomic E-state index is 0.116. The van der Waals surface area contributed by atoms with Gasteiger partial charge in [0, 0.05) is 44.0 Å². The maximum Gasteiger partial charge on any atom is 0.219 e. The molecule has 0 saturated carbocycles. The Bertz CT molecular complexity index is 660. The quantitative estimate of drug-likeness (QED) is 0.864. The Kier molecular flexibility index (Phi) is 4.93. The largest absolute Gasteiger partial charge is 0.496 e. The van der Waals surface area contributed by atoms with Gasteiger partial charge < -0.3 is 9.64 Å². The summed E-state index contributed by atoms with van der Waals surface area (Å²) in [5, 5.41) is 2.08. The van der Waals surface area contributed by atoms with Crippen LogP contribution in [0.15, 0.2) is 35.2 Å². The number of rotatable bonds is 4. The van der Waals surface area contributed by atoms with Crippen LogP contribution in [0.3, 0.4) is 0 Å². The summed E-state index contributed by atoms with van der Waals surface area (Å²) in [5.74, 6) is 0.990. The summed E-state index contributed by atoms with van der Waals surface area (Å²) in [5.41, 5.74) is 4.06. The van der Waals surface area contributed by atoms with E-state index in [0.717, 1.165) is 36.6 Å². The molecule has 1 atom stereocenters. The molecular formula is C17H21N3O2S. The van der Waals surface area contributed by atoms with E-state index < -0.39 is 0 Å². The van der Waals surface area contributed by atoms with Crippen molar-refractivity contribution in [2.45, 2.75) is 19.5 Å². The van der Waals surface area contributed by atoms with Crippen LogP contribution < -0.4 is 4.74 Å². The third-order valence-corrected chi connectivity index (χ3v) is 4.92. The van der Waals surface area contributed by atoms with Crippen LogP contribution in [0, 0.1) is 0 Å². The van der Waals surface area contributed by atoms with E-state index in [0.29, 0.717) is 6.54 Å². The molecule has 1 amide bonds. The molecule has 2 heterocycles. The average molecular weight is 331 g/mol. The van der Waals surface area contributed by atoms with E-state index in [1.54, 1.807) is 25.4 Å². The minimum atomic E-state index is 0.116. The lowest BCUT2D eigenvalue weighted by Gasteiger charge is -2.41. The Balaban J connectivity index is 1.89. The van der Waals surface area contributed by atoms with Crippen molar-refractivity contribution in [1.82, 2.24) is 14.8 Å². The number of benzene rings is 1. The lowest BCUT2D eigenvalue weighted by Crippen LogP contribution is -2.49. The lowest BCUT2D eigenvalue weighted by molar-refractivity contribution is -0.132. The fourth-order valence-electron chi connectivity index (χ4n) is 3.06. The number of carbonyl (C=O) groups excluding carboxylic acids is 1. The van der Waals surface area contributed by atoms with Crippen molar-refractivity contribution in [2.24, 2.45) is 0 Å². The van der Waals surface area contributed by atoms with E-state index in [2.05, 4.69) is 21.3 Å². The Morgan fingerprint density at radius 2 is 2.22 bits per heavy atom. The average Bonchev–Trinajstić information content (AvgIpc) is 3.08. The predicted octanol–water partition coefficient (Wildman–Crippen LogP) is 2.56. The van der Waals surface area contributed by atoms with Crippen LogP contribution in [0.25, 0.3) is 0 Å². The molecular weight excluding hydrogens is 310 g/mol. The van der Waals surface area contributed by atoms with Gasteiger partial charge in [0.2, 0.25) is 5.91 Å². The Morgan fingerprint density at radius 3 is 2.91 bits per heavy atom. The molecule has 1 aromatic heterocycles. The first kappa shape index (κ1) is 16.0. The molecule has 0 spiro atoms. The molecule has 23 heavy (non-hydrogen) atoms. The molecule has 0 N–H and O–H groups in total. The number of aromatic nitrogens is 1. The van der Waals surface area contributed by atoms with Crippen molar-refractivity contribution >= 4 is 17.2 Å². The fraction of sp³-hybridized carbons (Fsp3) is 0.412. The SMILES string of the molecule is COc1ccccc1C1CN(C(C)=O)CCN1Cc1cscn1. The van der Waals surface area contributed by atoms with Crippen molar-refractivity contribution in [1.29, 1.82) is 0 Å². The zero-order valence-electron chi connectivity index (χ0n) is 13.4. The predicted molar refractivity (Wildman–Crippen MR) is 90.5 cm³/mol. The number of hydrogen-bond acceptors (Lipinski definition) is 5. The number of carbonyl (C=O) groups is 1. The van der Waals surface area contributed by atoms with E-state index >= 15 is 0 Å². The van der Waals surface area contributed by atoms with Gasteiger partial charge in [0.25, 0.3) is 0 Å².